The summed E-state index contributed by atoms with van der Waals surface area (Å²) in [7, 11) is -7.03. The molecule has 0 unspecified atom stereocenters. The van der Waals surface area contributed by atoms with Crippen molar-refractivity contribution >= 4 is 31.5 Å². The number of aromatic nitrogens is 1. The average molecular weight is 478 g/mol. The van der Waals surface area contributed by atoms with Crippen LogP contribution in [0.1, 0.15) is 38.5 Å². The number of pyridine rings is 1. The Morgan fingerprint density at radius 3 is 2.28 bits per heavy atom. The summed E-state index contributed by atoms with van der Waals surface area (Å²) < 4.78 is 52.5. The van der Waals surface area contributed by atoms with Gasteiger partial charge in [-0.3, -0.25) is 9.78 Å². The van der Waals surface area contributed by atoms with Crippen molar-refractivity contribution in [3.63, 3.8) is 0 Å². The molecular formula is C22H27N3O5S2. The van der Waals surface area contributed by atoms with Crippen LogP contribution in [0, 0.1) is 5.92 Å². The van der Waals surface area contributed by atoms with Gasteiger partial charge in [0.05, 0.1) is 10.1 Å². The second-order valence-electron chi connectivity index (χ2n) is 8.34. The molecule has 0 atom stereocenters. The molecule has 0 spiro atoms. The van der Waals surface area contributed by atoms with E-state index in [1.165, 1.54) is 28.8 Å². The highest BCUT2D eigenvalue weighted by Gasteiger charge is 2.33. The number of piperidine rings is 1. The first-order valence-electron chi connectivity index (χ1n) is 10.8. The summed E-state index contributed by atoms with van der Waals surface area (Å²) in [6.45, 7) is 0.483. The molecule has 2 aromatic rings. The van der Waals surface area contributed by atoms with E-state index in [2.05, 4.69) is 10.3 Å². The van der Waals surface area contributed by atoms with Gasteiger partial charge in [-0.1, -0.05) is 18.9 Å². The lowest BCUT2D eigenvalue weighted by Crippen LogP contribution is -2.41. The zero-order valence-electron chi connectivity index (χ0n) is 17.7. The number of carbonyl (C=O) groups is 1. The molecule has 1 saturated heterocycles. The minimum absolute atomic E-state index is 0.142. The van der Waals surface area contributed by atoms with Crippen molar-refractivity contribution in [2.45, 2.75) is 53.6 Å². The van der Waals surface area contributed by atoms with E-state index in [9.17, 15) is 21.6 Å². The highest BCUT2D eigenvalue weighted by molar-refractivity contribution is 7.92. The van der Waals surface area contributed by atoms with Crippen LogP contribution in [0.4, 0.5) is 5.69 Å². The molecule has 0 bridgehead atoms. The van der Waals surface area contributed by atoms with E-state index in [-0.39, 0.29) is 40.0 Å². The number of nitrogens with zero attached hydrogens (tertiary/aromatic N) is 2. The maximum atomic E-state index is 12.8. The summed E-state index contributed by atoms with van der Waals surface area (Å²) in [6.07, 6.45) is 6.84. The fraction of sp³-hybridized carbons (Fsp3) is 0.455. The third-order valence-corrected chi connectivity index (χ3v) is 10.4. The van der Waals surface area contributed by atoms with Gasteiger partial charge in [0.2, 0.25) is 15.9 Å². The highest BCUT2D eigenvalue weighted by atomic mass is 32.2. The second-order valence-corrected chi connectivity index (χ2v) is 12.5. The van der Waals surface area contributed by atoms with E-state index in [0.29, 0.717) is 31.4 Å². The number of carbonyl (C=O) groups excluding carboxylic acids is 1. The molecular weight excluding hydrogens is 450 g/mol. The standard InChI is InChI=1S/C22H27N3O5S2/c26-22(17-10-13-25(14-11-17)32(29,30)21-9-4-12-23-16-21)24-18-5-3-8-20(15-18)31(27,28)19-6-1-2-7-19/h3-5,8-9,12,15-17,19H,1-2,6-7,10-11,13-14H2,(H,24,26). The van der Waals surface area contributed by atoms with Crippen molar-refractivity contribution in [3.05, 3.63) is 48.8 Å². The van der Waals surface area contributed by atoms with E-state index in [1.54, 1.807) is 24.3 Å². The Morgan fingerprint density at radius 1 is 0.938 bits per heavy atom. The van der Waals surface area contributed by atoms with Crippen LogP contribution >= 0.6 is 0 Å². The summed E-state index contributed by atoms with van der Waals surface area (Å²) in [5, 5.41) is 2.47. The Labute approximate surface area is 189 Å². The normalized spacial score (nSPS) is 19.1. The van der Waals surface area contributed by atoms with Crippen LogP contribution in [0.2, 0.25) is 0 Å². The van der Waals surface area contributed by atoms with Crippen molar-refractivity contribution in [3.8, 4) is 0 Å². The van der Waals surface area contributed by atoms with Crippen LogP contribution in [-0.2, 0) is 24.7 Å². The van der Waals surface area contributed by atoms with Crippen LogP contribution in [0.15, 0.2) is 58.6 Å². The van der Waals surface area contributed by atoms with Gasteiger partial charge in [-0.25, -0.2) is 16.8 Å². The Hall–Kier alpha value is -2.30. The fourth-order valence-corrected chi connectivity index (χ4v) is 7.73. The van der Waals surface area contributed by atoms with Crippen molar-refractivity contribution < 1.29 is 21.6 Å². The average Bonchev–Trinajstić information content (AvgIpc) is 3.36. The molecule has 8 nitrogen and oxygen atoms in total. The highest BCUT2D eigenvalue weighted by Crippen LogP contribution is 2.31. The number of hydrogen-bond donors (Lipinski definition) is 1. The van der Waals surface area contributed by atoms with Crippen molar-refractivity contribution in [2.75, 3.05) is 18.4 Å². The number of nitrogens with one attached hydrogen (secondary N) is 1. The van der Waals surface area contributed by atoms with Gasteiger partial charge in [-0.05, 0) is 56.0 Å². The third-order valence-electron chi connectivity index (χ3n) is 6.27. The lowest BCUT2D eigenvalue weighted by atomic mass is 9.97. The number of anilines is 1. The number of sulfonamides is 1. The van der Waals surface area contributed by atoms with E-state index < -0.39 is 19.9 Å². The molecule has 4 rings (SSSR count). The van der Waals surface area contributed by atoms with Gasteiger partial charge in [0, 0.05) is 37.1 Å². The van der Waals surface area contributed by atoms with Gasteiger partial charge < -0.3 is 5.32 Å². The van der Waals surface area contributed by atoms with Gasteiger partial charge in [-0.2, -0.15) is 4.31 Å². The molecule has 172 valence electrons. The van der Waals surface area contributed by atoms with Gasteiger partial charge in [0.1, 0.15) is 4.90 Å². The lowest BCUT2D eigenvalue weighted by Gasteiger charge is -2.30. The largest absolute Gasteiger partial charge is 0.326 e. The fourth-order valence-electron chi connectivity index (χ4n) is 4.39. The first kappa shape index (κ1) is 22.9. The second kappa shape index (κ2) is 9.29. The minimum atomic E-state index is -3.63. The van der Waals surface area contributed by atoms with E-state index >= 15 is 0 Å². The molecule has 2 fully saturated rings. The van der Waals surface area contributed by atoms with E-state index in [0.717, 1.165) is 12.8 Å². The molecule has 1 aliphatic heterocycles. The topological polar surface area (TPSA) is 114 Å². The van der Waals surface area contributed by atoms with Gasteiger partial charge in [-0.15, -0.1) is 0 Å². The van der Waals surface area contributed by atoms with Crippen molar-refractivity contribution in [1.29, 1.82) is 0 Å². The molecule has 2 heterocycles. The summed E-state index contributed by atoms with van der Waals surface area (Å²) in [5.74, 6) is -0.565. The van der Waals surface area contributed by atoms with Crippen molar-refractivity contribution in [1.82, 2.24) is 9.29 Å². The lowest BCUT2D eigenvalue weighted by molar-refractivity contribution is -0.120. The number of sulfone groups is 1. The van der Waals surface area contributed by atoms with Gasteiger partial charge >= 0.3 is 0 Å². The van der Waals surface area contributed by atoms with Crippen LogP contribution in [0.25, 0.3) is 0 Å². The minimum Gasteiger partial charge on any atom is -0.326 e. The Kier molecular flexibility index (Phi) is 6.64. The number of hydrogen-bond acceptors (Lipinski definition) is 6. The molecule has 1 amide bonds. The predicted molar refractivity (Wildman–Crippen MR) is 120 cm³/mol. The summed E-state index contributed by atoms with van der Waals surface area (Å²) in [6, 6.07) is 9.49. The zero-order valence-corrected chi connectivity index (χ0v) is 19.3. The molecule has 10 heteroatoms. The quantitative estimate of drug-likeness (QED) is 0.684. The first-order valence-corrected chi connectivity index (χ1v) is 13.8. The molecule has 1 aromatic heterocycles. The monoisotopic (exact) mass is 477 g/mol. The molecule has 1 N–H and O–H groups in total. The number of amides is 1. The third kappa shape index (κ3) is 4.72. The van der Waals surface area contributed by atoms with Gasteiger partial charge in [0.15, 0.2) is 9.84 Å². The molecule has 0 radical (unpaired) electrons. The predicted octanol–water partition coefficient (Wildman–Crippen LogP) is 2.84. The number of benzene rings is 1. The SMILES string of the molecule is O=C(Nc1cccc(S(=O)(=O)C2CCCC2)c1)C1CCN(S(=O)(=O)c2cccnc2)CC1. The summed E-state index contributed by atoms with van der Waals surface area (Å²) >= 11 is 0. The molecule has 1 aliphatic carbocycles. The molecule has 1 saturated carbocycles. The smallest absolute Gasteiger partial charge is 0.244 e. The summed E-state index contributed by atoms with van der Waals surface area (Å²) in [4.78, 5) is 17.0. The molecule has 1 aromatic carbocycles. The maximum Gasteiger partial charge on any atom is 0.244 e. The van der Waals surface area contributed by atoms with Crippen LogP contribution in [0.5, 0.6) is 0 Å². The summed E-state index contributed by atoms with van der Waals surface area (Å²) in [5.41, 5.74) is 0.444. The Morgan fingerprint density at radius 2 is 1.62 bits per heavy atom. The maximum absolute atomic E-state index is 12.8. The molecule has 2 aliphatic rings. The van der Waals surface area contributed by atoms with Crippen LogP contribution in [0.3, 0.4) is 0 Å². The Balaban J connectivity index is 1.38. The van der Waals surface area contributed by atoms with Gasteiger partial charge in [0.25, 0.3) is 0 Å². The van der Waals surface area contributed by atoms with E-state index in [1.807, 2.05) is 0 Å². The molecule has 32 heavy (non-hydrogen) atoms. The zero-order chi connectivity index (χ0) is 22.8. The first-order chi connectivity index (χ1) is 15.3. The van der Waals surface area contributed by atoms with Crippen LogP contribution in [-0.4, -0.2) is 50.4 Å². The van der Waals surface area contributed by atoms with E-state index in [4.69, 9.17) is 0 Å². The van der Waals surface area contributed by atoms with Crippen molar-refractivity contribution in [2.24, 2.45) is 5.92 Å². The number of rotatable bonds is 6. The van der Waals surface area contributed by atoms with Crippen LogP contribution < -0.4 is 5.32 Å². The Bertz CT molecular complexity index is 1170.